The minimum Gasteiger partial charge on any atom is -0.494 e. The smallest absolute Gasteiger partial charge is 0.119 e. The second-order valence-corrected chi connectivity index (χ2v) is 7.33. The third-order valence-corrected chi connectivity index (χ3v) is 5.34. The van der Waals surface area contributed by atoms with Crippen LogP contribution in [0, 0.1) is 0 Å². The van der Waals surface area contributed by atoms with E-state index in [1.165, 1.54) is 0 Å². The van der Waals surface area contributed by atoms with Crippen LogP contribution >= 0.6 is 11.6 Å². The number of hydrogen-bond acceptors (Lipinski definition) is 5. The lowest BCUT2D eigenvalue weighted by Crippen LogP contribution is -2.57. The third kappa shape index (κ3) is 4.45. The molecule has 146 valence electrons. The summed E-state index contributed by atoms with van der Waals surface area (Å²) in [5, 5.41) is 21.1. The Balaban J connectivity index is 1.82. The summed E-state index contributed by atoms with van der Waals surface area (Å²) in [5.41, 5.74) is 8.78. The van der Waals surface area contributed by atoms with Crippen LogP contribution in [0.15, 0.2) is 42.5 Å². The highest BCUT2D eigenvalue weighted by atomic mass is 35.5. The Morgan fingerprint density at radius 1 is 1.11 bits per heavy atom. The Morgan fingerprint density at radius 3 is 2.48 bits per heavy atom. The van der Waals surface area contributed by atoms with Crippen LogP contribution in [0.1, 0.15) is 36.6 Å². The Kier molecular flexibility index (Phi) is 6.40. The first-order valence-electron chi connectivity index (χ1n) is 9.18. The fourth-order valence-corrected chi connectivity index (χ4v) is 3.57. The van der Waals surface area contributed by atoms with Crippen LogP contribution in [0.4, 0.5) is 0 Å². The van der Waals surface area contributed by atoms with Gasteiger partial charge in [-0.2, -0.15) is 0 Å². The van der Waals surface area contributed by atoms with Crippen LogP contribution in [0.25, 0.3) is 0 Å². The minimum absolute atomic E-state index is 0.460. The SMILES string of the molecule is CCOc1ccc(Cc2cc([C@@H]3O[C@H](C)[C@@H](O)[C@H](N)[C@H]3O)ccc2Cl)cc1. The summed E-state index contributed by atoms with van der Waals surface area (Å²) in [6.45, 7) is 4.33. The molecule has 0 aromatic heterocycles. The average molecular weight is 392 g/mol. The molecule has 0 bridgehead atoms. The molecule has 0 aliphatic carbocycles. The van der Waals surface area contributed by atoms with Crippen LogP contribution in [-0.4, -0.2) is 41.2 Å². The molecule has 5 nitrogen and oxygen atoms in total. The van der Waals surface area contributed by atoms with E-state index >= 15 is 0 Å². The lowest BCUT2D eigenvalue weighted by molar-refractivity contribution is -0.174. The first-order chi connectivity index (χ1) is 12.9. The molecule has 0 amide bonds. The molecule has 4 N–H and O–H groups in total. The van der Waals surface area contributed by atoms with Gasteiger partial charge in [0.2, 0.25) is 0 Å². The van der Waals surface area contributed by atoms with Crippen molar-refractivity contribution in [3.8, 4) is 5.75 Å². The molecular formula is C21H26ClNO4. The van der Waals surface area contributed by atoms with Gasteiger partial charge in [0.15, 0.2) is 0 Å². The molecule has 1 aliphatic rings. The third-order valence-electron chi connectivity index (χ3n) is 4.97. The topological polar surface area (TPSA) is 84.9 Å². The van der Waals surface area contributed by atoms with E-state index < -0.39 is 30.5 Å². The molecule has 0 spiro atoms. The fraction of sp³-hybridized carbons (Fsp3) is 0.429. The van der Waals surface area contributed by atoms with Crippen LogP contribution in [0.3, 0.4) is 0 Å². The summed E-state index contributed by atoms with van der Waals surface area (Å²) in [6.07, 6.45) is -2.30. The molecule has 3 rings (SSSR count). The second kappa shape index (κ2) is 8.59. The number of aliphatic hydroxyl groups is 2. The van der Waals surface area contributed by atoms with Crippen LogP contribution in [0.5, 0.6) is 5.75 Å². The summed E-state index contributed by atoms with van der Waals surface area (Å²) in [5.74, 6) is 0.835. The van der Waals surface area contributed by atoms with E-state index in [1.54, 1.807) is 13.0 Å². The summed E-state index contributed by atoms with van der Waals surface area (Å²) in [4.78, 5) is 0. The number of aliphatic hydroxyl groups excluding tert-OH is 2. The van der Waals surface area contributed by atoms with Gasteiger partial charge in [-0.25, -0.2) is 0 Å². The first kappa shape index (κ1) is 20.1. The van der Waals surface area contributed by atoms with Gasteiger partial charge in [-0.05, 0) is 55.2 Å². The molecule has 1 heterocycles. The maximum Gasteiger partial charge on any atom is 0.119 e. The summed E-state index contributed by atoms with van der Waals surface area (Å²) in [6, 6.07) is 12.7. The molecule has 1 aliphatic heterocycles. The van der Waals surface area contributed by atoms with Crippen molar-refractivity contribution in [1.29, 1.82) is 0 Å². The zero-order valence-electron chi connectivity index (χ0n) is 15.5. The van der Waals surface area contributed by atoms with E-state index in [0.29, 0.717) is 18.1 Å². The largest absolute Gasteiger partial charge is 0.494 e. The van der Waals surface area contributed by atoms with Gasteiger partial charge in [0.05, 0.1) is 24.9 Å². The van der Waals surface area contributed by atoms with Gasteiger partial charge in [-0.15, -0.1) is 0 Å². The van der Waals surface area contributed by atoms with Crippen molar-refractivity contribution in [2.45, 2.75) is 50.7 Å². The molecule has 0 unspecified atom stereocenters. The molecule has 1 saturated heterocycles. The van der Waals surface area contributed by atoms with Gasteiger partial charge >= 0.3 is 0 Å². The Labute approximate surface area is 164 Å². The fourth-order valence-electron chi connectivity index (χ4n) is 3.38. The molecule has 0 radical (unpaired) electrons. The molecule has 2 aromatic carbocycles. The number of hydrogen-bond donors (Lipinski definition) is 3. The van der Waals surface area contributed by atoms with Crippen molar-refractivity contribution >= 4 is 11.6 Å². The Bertz CT molecular complexity index is 767. The number of nitrogens with two attached hydrogens (primary N) is 1. The second-order valence-electron chi connectivity index (χ2n) is 6.92. The van der Waals surface area contributed by atoms with Crippen molar-refractivity contribution in [3.05, 3.63) is 64.2 Å². The zero-order valence-corrected chi connectivity index (χ0v) is 16.3. The summed E-state index contributed by atoms with van der Waals surface area (Å²) < 4.78 is 11.3. The maximum absolute atomic E-state index is 10.5. The van der Waals surface area contributed by atoms with E-state index in [9.17, 15) is 10.2 Å². The van der Waals surface area contributed by atoms with E-state index in [4.69, 9.17) is 26.8 Å². The molecule has 1 fully saturated rings. The van der Waals surface area contributed by atoms with Crippen LogP contribution in [0.2, 0.25) is 5.02 Å². The highest BCUT2D eigenvalue weighted by molar-refractivity contribution is 6.31. The van der Waals surface area contributed by atoms with Crippen molar-refractivity contribution < 1.29 is 19.7 Å². The number of halogens is 1. The average Bonchev–Trinajstić information content (AvgIpc) is 2.66. The van der Waals surface area contributed by atoms with E-state index in [1.807, 2.05) is 43.3 Å². The molecule has 27 heavy (non-hydrogen) atoms. The predicted octanol–water partition coefficient (Wildman–Crippen LogP) is 2.84. The van der Waals surface area contributed by atoms with Crippen LogP contribution < -0.4 is 10.5 Å². The lowest BCUT2D eigenvalue weighted by Gasteiger charge is -2.40. The minimum atomic E-state index is -0.990. The van der Waals surface area contributed by atoms with E-state index in [0.717, 1.165) is 22.4 Å². The Hall–Kier alpha value is -1.63. The van der Waals surface area contributed by atoms with Gasteiger partial charge in [-0.3, -0.25) is 0 Å². The van der Waals surface area contributed by atoms with Crippen molar-refractivity contribution in [3.63, 3.8) is 0 Å². The quantitative estimate of drug-likeness (QED) is 0.729. The predicted molar refractivity (Wildman–Crippen MR) is 105 cm³/mol. The van der Waals surface area contributed by atoms with Crippen molar-refractivity contribution in [2.24, 2.45) is 5.73 Å². The van der Waals surface area contributed by atoms with E-state index in [-0.39, 0.29) is 0 Å². The molecule has 6 heteroatoms. The van der Waals surface area contributed by atoms with E-state index in [2.05, 4.69) is 0 Å². The highest BCUT2D eigenvalue weighted by Gasteiger charge is 2.41. The molecule has 2 aromatic rings. The summed E-state index contributed by atoms with van der Waals surface area (Å²) in [7, 11) is 0. The summed E-state index contributed by atoms with van der Waals surface area (Å²) >= 11 is 6.39. The number of ether oxygens (including phenoxy) is 2. The maximum atomic E-state index is 10.5. The number of rotatable bonds is 5. The zero-order chi connectivity index (χ0) is 19.6. The van der Waals surface area contributed by atoms with Gasteiger partial charge in [-0.1, -0.05) is 35.9 Å². The lowest BCUT2D eigenvalue weighted by atomic mass is 9.89. The van der Waals surface area contributed by atoms with Gasteiger partial charge in [0.1, 0.15) is 18.0 Å². The molecular weight excluding hydrogens is 366 g/mol. The molecule has 5 atom stereocenters. The number of benzene rings is 2. The Morgan fingerprint density at radius 2 is 1.81 bits per heavy atom. The standard InChI is InChI=1S/C21H26ClNO4/c1-3-26-16-7-4-13(5-8-16)10-15-11-14(6-9-17(15)22)21-20(25)18(23)19(24)12(2)27-21/h4-9,11-12,18-21,24-25H,3,10,23H2,1-2H3/t12-,18+,19-,20-,21+/m1/s1. The normalized spacial score (nSPS) is 28.1. The monoisotopic (exact) mass is 391 g/mol. The van der Waals surface area contributed by atoms with Gasteiger partial charge in [0, 0.05) is 5.02 Å². The van der Waals surface area contributed by atoms with Gasteiger partial charge < -0.3 is 25.4 Å². The highest BCUT2D eigenvalue weighted by Crippen LogP contribution is 2.33. The molecule has 0 saturated carbocycles. The van der Waals surface area contributed by atoms with Crippen molar-refractivity contribution in [1.82, 2.24) is 0 Å². The van der Waals surface area contributed by atoms with Gasteiger partial charge in [0.25, 0.3) is 0 Å². The van der Waals surface area contributed by atoms with Crippen molar-refractivity contribution in [2.75, 3.05) is 6.61 Å². The van der Waals surface area contributed by atoms with Crippen LogP contribution in [-0.2, 0) is 11.2 Å². The first-order valence-corrected chi connectivity index (χ1v) is 9.55.